The minimum atomic E-state index is -0.847. The van der Waals surface area contributed by atoms with E-state index in [4.69, 9.17) is 0 Å². The zero-order chi connectivity index (χ0) is 47.7. The molecule has 0 aromatic rings. The second kappa shape index (κ2) is 57.1. The molecule has 0 saturated carbocycles. The summed E-state index contributed by atoms with van der Waals surface area (Å²) in [7, 11) is 0. The Balaban J connectivity index is 3.51. The third-order valence-corrected chi connectivity index (χ3v) is 13.2. The average Bonchev–Trinajstić information content (AvgIpc) is 3.32. The van der Waals surface area contributed by atoms with E-state index >= 15 is 0 Å². The van der Waals surface area contributed by atoms with Crippen molar-refractivity contribution in [2.24, 2.45) is 0 Å². The van der Waals surface area contributed by atoms with Crippen molar-refractivity contribution < 1.29 is 15.0 Å². The summed E-state index contributed by atoms with van der Waals surface area (Å²) in [6.07, 6.45) is 82.1. The lowest BCUT2D eigenvalue weighted by Crippen LogP contribution is -2.45. The SMILES string of the molecule is CC/C=C\C/C=C\C/C=C\C/C=C\C/C=C\CCCCCCCCCCCC(=O)NC(CO)C(O)/C=C/CCCCCCCCCCCCCCCCCCCCCCCCCCCCC. The van der Waals surface area contributed by atoms with Crippen LogP contribution in [0.25, 0.3) is 0 Å². The second-order valence-electron chi connectivity index (χ2n) is 19.7. The predicted octanol–water partition coefficient (Wildman–Crippen LogP) is 19.4. The van der Waals surface area contributed by atoms with Crippen LogP contribution < -0.4 is 5.32 Å². The summed E-state index contributed by atoms with van der Waals surface area (Å²) in [5.74, 6) is -0.0698. The minimum absolute atomic E-state index is 0.0698. The van der Waals surface area contributed by atoms with Crippen molar-refractivity contribution >= 4 is 5.91 Å². The van der Waals surface area contributed by atoms with Gasteiger partial charge in [-0.2, -0.15) is 0 Å². The fraction of sp³-hybridized carbons (Fsp3) is 0.790. The van der Waals surface area contributed by atoms with Gasteiger partial charge in [-0.3, -0.25) is 4.79 Å². The number of amides is 1. The molecule has 66 heavy (non-hydrogen) atoms. The maximum absolute atomic E-state index is 12.5. The zero-order valence-electron chi connectivity index (χ0n) is 44.2. The first-order valence-corrected chi connectivity index (χ1v) is 29.2. The van der Waals surface area contributed by atoms with Crippen LogP contribution in [0.5, 0.6) is 0 Å². The highest BCUT2D eigenvalue weighted by molar-refractivity contribution is 5.76. The number of carbonyl (C=O) groups excluding carboxylic acids is 1. The van der Waals surface area contributed by atoms with Crippen molar-refractivity contribution in [3.05, 3.63) is 72.9 Å². The molecule has 0 aliphatic heterocycles. The maximum atomic E-state index is 12.5. The van der Waals surface area contributed by atoms with Crippen LogP contribution in [0.2, 0.25) is 0 Å². The molecular weight excluding hydrogens is 807 g/mol. The lowest BCUT2D eigenvalue weighted by molar-refractivity contribution is -0.123. The Kier molecular flexibility index (Phi) is 55.3. The van der Waals surface area contributed by atoms with Crippen LogP contribution in [-0.2, 0) is 4.79 Å². The van der Waals surface area contributed by atoms with E-state index in [0.29, 0.717) is 6.42 Å². The molecule has 0 aromatic carbocycles. The van der Waals surface area contributed by atoms with Crippen molar-refractivity contribution in [3.8, 4) is 0 Å². The topological polar surface area (TPSA) is 69.6 Å². The molecule has 3 N–H and O–H groups in total. The highest BCUT2D eigenvalue weighted by Gasteiger charge is 2.18. The Morgan fingerprint density at radius 3 is 1.00 bits per heavy atom. The van der Waals surface area contributed by atoms with E-state index in [1.165, 1.54) is 218 Å². The molecule has 0 aliphatic carbocycles. The van der Waals surface area contributed by atoms with Gasteiger partial charge < -0.3 is 15.5 Å². The van der Waals surface area contributed by atoms with Gasteiger partial charge in [-0.1, -0.05) is 299 Å². The quantitative estimate of drug-likeness (QED) is 0.0421. The molecule has 2 atom stereocenters. The lowest BCUT2D eigenvalue weighted by Gasteiger charge is -2.20. The first-order chi connectivity index (χ1) is 32.7. The molecule has 0 heterocycles. The van der Waals surface area contributed by atoms with E-state index < -0.39 is 12.1 Å². The summed E-state index contributed by atoms with van der Waals surface area (Å²) in [6.45, 7) is 4.22. The van der Waals surface area contributed by atoms with Crippen molar-refractivity contribution in [1.29, 1.82) is 0 Å². The average molecular weight is 921 g/mol. The van der Waals surface area contributed by atoms with Crippen LogP contribution in [0.15, 0.2) is 72.9 Å². The predicted molar refractivity (Wildman–Crippen MR) is 294 cm³/mol. The number of rotatable bonds is 53. The van der Waals surface area contributed by atoms with Crippen LogP contribution in [0.4, 0.5) is 0 Å². The zero-order valence-corrected chi connectivity index (χ0v) is 44.2. The number of nitrogens with one attached hydrogen (secondary N) is 1. The van der Waals surface area contributed by atoms with Crippen LogP contribution in [-0.4, -0.2) is 34.9 Å². The largest absolute Gasteiger partial charge is 0.394 e. The van der Waals surface area contributed by atoms with Gasteiger partial charge >= 0.3 is 0 Å². The molecule has 0 aliphatic rings. The Hall–Kier alpha value is -2.17. The van der Waals surface area contributed by atoms with Gasteiger partial charge in [-0.15, -0.1) is 0 Å². The monoisotopic (exact) mass is 920 g/mol. The lowest BCUT2D eigenvalue weighted by atomic mass is 10.0. The van der Waals surface area contributed by atoms with Gasteiger partial charge in [0.2, 0.25) is 5.91 Å². The molecule has 0 spiro atoms. The molecule has 0 bridgehead atoms. The van der Waals surface area contributed by atoms with E-state index in [2.05, 4.69) is 79.9 Å². The van der Waals surface area contributed by atoms with Gasteiger partial charge in [-0.05, 0) is 64.2 Å². The van der Waals surface area contributed by atoms with Crippen LogP contribution >= 0.6 is 0 Å². The van der Waals surface area contributed by atoms with Crippen molar-refractivity contribution in [3.63, 3.8) is 0 Å². The van der Waals surface area contributed by atoms with Crippen molar-refractivity contribution in [2.45, 2.75) is 309 Å². The third kappa shape index (κ3) is 52.8. The Morgan fingerprint density at radius 2 is 0.667 bits per heavy atom. The first kappa shape index (κ1) is 63.8. The van der Waals surface area contributed by atoms with E-state index in [0.717, 1.165) is 57.8 Å². The van der Waals surface area contributed by atoms with Gasteiger partial charge in [-0.25, -0.2) is 0 Å². The van der Waals surface area contributed by atoms with E-state index in [1.807, 2.05) is 6.08 Å². The van der Waals surface area contributed by atoms with Crippen LogP contribution in [0, 0.1) is 0 Å². The normalized spacial score (nSPS) is 13.3. The molecule has 384 valence electrons. The molecule has 2 unspecified atom stereocenters. The molecule has 0 radical (unpaired) electrons. The van der Waals surface area contributed by atoms with Gasteiger partial charge in [0.25, 0.3) is 0 Å². The van der Waals surface area contributed by atoms with Crippen molar-refractivity contribution in [2.75, 3.05) is 6.61 Å². The molecule has 0 rings (SSSR count). The standard InChI is InChI=1S/C62H113NO3/c1-3-5-7-9-11-13-15-17-19-21-23-25-27-29-30-31-32-34-35-37-39-41-43-45-47-49-51-53-55-57-61(65)60(59-64)63-62(66)58-56-54-52-50-48-46-44-42-40-38-36-33-28-26-24-22-20-18-16-14-12-10-8-6-4-2/h6,8,12,14,18,20,24,26,33,36,55,57,60-61,64-65H,3-5,7,9-11,13,15-17,19,21-23,25,27-32,34-35,37-54,56,58-59H2,1-2H3,(H,63,66)/b8-6-,14-12-,20-18-,26-24-,36-33-,57-55+. The fourth-order valence-electron chi connectivity index (χ4n) is 8.80. The molecule has 4 nitrogen and oxygen atoms in total. The number of aliphatic hydroxyl groups is 2. The molecule has 0 saturated heterocycles. The number of carbonyl (C=O) groups is 1. The highest BCUT2D eigenvalue weighted by atomic mass is 16.3. The first-order valence-electron chi connectivity index (χ1n) is 29.2. The number of allylic oxidation sites excluding steroid dienone is 11. The maximum Gasteiger partial charge on any atom is 0.220 e. The number of hydrogen-bond acceptors (Lipinski definition) is 3. The number of aliphatic hydroxyl groups excluding tert-OH is 2. The van der Waals surface area contributed by atoms with E-state index in [1.54, 1.807) is 6.08 Å². The smallest absolute Gasteiger partial charge is 0.220 e. The summed E-state index contributed by atoms with van der Waals surface area (Å²) in [5.41, 5.74) is 0. The number of unbranched alkanes of at least 4 members (excludes halogenated alkanes) is 36. The van der Waals surface area contributed by atoms with Crippen LogP contribution in [0.1, 0.15) is 296 Å². The second-order valence-corrected chi connectivity index (χ2v) is 19.7. The molecule has 0 aromatic heterocycles. The Bertz CT molecular complexity index is 1130. The summed E-state index contributed by atoms with van der Waals surface area (Å²) in [6, 6.07) is -0.631. The van der Waals surface area contributed by atoms with E-state index in [-0.39, 0.29) is 12.5 Å². The highest BCUT2D eigenvalue weighted by Crippen LogP contribution is 2.17. The fourth-order valence-corrected chi connectivity index (χ4v) is 8.80. The summed E-state index contributed by atoms with van der Waals surface area (Å²) < 4.78 is 0. The number of hydrogen-bond donors (Lipinski definition) is 3. The van der Waals surface area contributed by atoms with Gasteiger partial charge in [0, 0.05) is 6.42 Å². The molecule has 1 amide bonds. The molecule has 4 heteroatoms. The van der Waals surface area contributed by atoms with Crippen LogP contribution in [0.3, 0.4) is 0 Å². The summed E-state index contributed by atoms with van der Waals surface area (Å²) in [5, 5.41) is 23.2. The summed E-state index contributed by atoms with van der Waals surface area (Å²) >= 11 is 0. The molecule has 0 fully saturated rings. The third-order valence-electron chi connectivity index (χ3n) is 13.2. The Labute approximate surface area is 412 Å². The minimum Gasteiger partial charge on any atom is -0.394 e. The Morgan fingerprint density at radius 1 is 0.379 bits per heavy atom. The molecular formula is C62H113NO3. The van der Waals surface area contributed by atoms with Crippen molar-refractivity contribution in [1.82, 2.24) is 5.32 Å². The van der Waals surface area contributed by atoms with Gasteiger partial charge in [0.1, 0.15) is 0 Å². The van der Waals surface area contributed by atoms with Gasteiger partial charge in [0.05, 0.1) is 18.8 Å². The van der Waals surface area contributed by atoms with E-state index in [9.17, 15) is 15.0 Å². The summed E-state index contributed by atoms with van der Waals surface area (Å²) in [4.78, 5) is 12.5. The van der Waals surface area contributed by atoms with Gasteiger partial charge in [0.15, 0.2) is 0 Å².